The topological polar surface area (TPSA) is 64.3 Å². The Morgan fingerprint density at radius 3 is 2.81 bits per heavy atom. The van der Waals surface area contributed by atoms with Gasteiger partial charge in [0.2, 0.25) is 0 Å². The average molecular weight is 348 g/mol. The third-order valence-electron chi connectivity index (χ3n) is 4.87. The molecule has 0 spiro atoms. The van der Waals surface area contributed by atoms with Crippen molar-refractivity contribution in [3.63, 3.8) is 0 Å². The molecule has 0 radical (unpaired) electrons. The van der Waals surface area contributed by atoms with Crippen molar-refractivity contribution >= 4 is 22.5 Å². The SMILES string of the molecule is CCc1nc(N)ccc1-c1cccc2ccc(N3CCCOCC3)nc12. The van der Waals surface area contributed by atoms with E-state index in [-0.39, 0.29) is 0 Å². The highest BCUT2D eigenvalue weighted by Crippen LogP contribution is 2.31. The number of fused-ring (bicyclic) bond motifs is 1. The molecule has 0 amide bonds. The predicted molar refractivity (Wildman–Crippen MR) is 106 cm³/mol. The van der Waals surface area contributed by atoms with Crippen molar-refractivity contribution in [3.05, 3.63) is 48.2 Å². The minimum Gasteiger partial charge on any atom is -0.384 e. The second-order valence-corrected chi connectivity index (χ2v) is 6.58. The molecule has 134 valence electrons. The molecular weight excluding hydrogens is 324 g/mol. The molecule has 3 aromatic rings. The Balaban J connectivity index is 1.84. The fourth-order valence-electron chi connectivity index (χ4n) is 3.54. The lowest BCUT2D eigenvalue weighted by Gasteiger charge is -2.21. The van der Waals surface area contributed by atoms with E-state index in [2.05, 4.69) is 53.2 Å². The molecule has 5 nitrogen and oxygen atoms in total. The van der Waals surface area contributed by atoms with Gasteiger partial charge in [0.25, 0.3) is 0 Å². The van der Waals surface area contributed by atoms with Crippen LogP contribution in [0.4, 0.5) is 11.6 Å². The van der Waals surface area contributed by atoms with E-state index in [9.17, 15) is 0 Å². The van der Waals surface area contributed by atoms with Crippen LogP contribution in [0.5, 0.6) is 0 Å². The monoisotopic (exact) mass is 348 g/mol. The standard InChI is InChI=1S/C21H24N4O/c1-2-18-16(8-9-19(22)23-18)17-6-3-5-15-7-10-20(24-21(15)17)25-11-4-13-26-14-12-25/h3,5-10H,2,4,11-14H2,1H3,(H2,22,23). The molecule has 1 aliphatic heterocycles. The molecule has 1 saturated heterocycles. The molecule has 1 fully saturated rings. The molecule has 26 heavy (non-hydrogen) atoms. The quantitative estimate of drug-likeness (QED) is 0.782. The van der Waals surface area contributed by atoms with Crippen LogP contribution in [0, 0.1) is 0 Å². The van der Waals surface area contributed by atoms with Gasteiger partial charge in [0.05, 0.1) is 17.8 Å². The maximum absolute atomic E-state index is 5.88. The van der Waals surface area contributed by atoms with Gasteiger partial charge in [-0.15, -0.1) is 0 Å². The molecule has 0 unspecified atom stereocenters. The van der Waals surface area contributed by atoms with Crippen LogP contribution in [0.25, 0.3) is 22.0 Å². The van der Waals surface area contributed by atoms with Gasteiger partial charge in [-0.1, -0.05) is 25.1 Å². The smallest absolute Gasteiger partial charge is 0.129 e. The Kier molecular flexibility index (Phi) is 4.71. The lowest BCUT2D eigenvalue weighted by molar-refractivity contribution is 0.152. The van der Waals surface area contributed by atoms with Crippen LogP contribution >= 0.6 is 0 Å². The first-order valence-electron chi connectivity index (χ1n) is 9.24. The number of para-hydroxylation sites is 1. The summed E-state index contributed by atoms with van der Waals surface area (Å²) in [7, 11) is 0. The number of hydrogen-bond acceptors (Lipinski definition) is 5. The first kappa shape index (κ1) is 16.8. The number of nitrogens with two attached hydrogens (primary N) is 1. The summed E-state index contributed by atoms with van der Waals surface area (Å²) in [6, 6.07) is 14.5. The zero-order valence-corrected chi connectivity index (χ0v) is 15.1. The lowest BCUT2D eigenvalue weighted by Crippen LogP contribution is -2.26. The van der Waals surface area contributed by atoms with Gasteiger partial charge in [0.1, 0.15) is 11.6 Å². The van der Waals surface area contributed by atoms with Crippen molar-refractivity contribution in [2.24, 2.45) is 0 Å². The maximum Gasteiger partial charge on any atom is 0.129 e. The second kappa shape index (κ2) is 7.30. The van der Waals surface area contributed by atoms with Gasteiger partial charge in [-0.25, -0.2) is 9.97 Å². The summed E-state index contributed by atoms with van der Waals surface area (Å²) < 4.78 is 5.58. The van der Waals surface area contributed by atoms with Crippen LogP contribution in [0.15, 0.2) is 42.5 Å². The number of pyridine rings is 2. The minimum absolute atomic E-state index is 0.559. The van der Waals surface area contributed by atoms with E-state index < -0.39 is 0 Å². The van der Waals surface area contributed by atoms with Crippen LogP contribution in [0.1, 0.15) is 19.0 Å². The van der Waals surface area contributed by atoms with E-state index in [1.807, 2.05) is 6.07 Å². The first-order chi connectivity index (χ1) is 12.8. The maximum atomic E-state index is 5.88. The van der Waals surface area contributed by atoms with E-state index in [0.717, 1.165) is 72.7 Å². The highest BCUT2D eigenvalue weighted by Gasteiger charge is 2.15. The predicted octanol–water partition coefficient (Wildman–Crippen LogP) is 3.67. The first-order valence-corrected chi connectivity index (χ1v) is 9.24. The number of nitrogens with zero attached hydrogens (tertiary/aromatic N) is 3. The molecule has 1 aromatic carbocycles. The Labute approximate surface area is 153 Å². The normalized spacial score (nSPS) is 15.2. The second-order valence-electron chi connectivity index (χ2n) is 6.58. The molecule has 0 atom stereocenters. The largest absolute Gasteiger partial charge is 0.384 e. The lowest BCUT2D eigenvalue weighted by atomic mass is 9.99. The number of ether oxygens (including phenoxy) is 1. The summed E-state index contributed by atoms with van der Waals surface area (Å²) in [5.41, 5.74) is 10.1. The average Bonchev–Trinajstić information content (AvgIpc) is 2.96. The molecule has 1 aliphatic rings. The number of aromatic nitrogens is 2. The molecule has 5 heteroatoms. The summed E-state index contributed by atoms with van der Waals surface area (Å²) in [6.07, 6.45) is 1.86. The number of aryl methyl sites for hydroxylation is 1. The van der Waals surface area contributed by atoms with Crippen LogP contribution in [0.2, 0.25) is 0 Å². The fraction of sp³-hybridized carbons (Fsp3) is 0.333. The number of nitrogen functional groups attached to an aromatic ring is 1. The molecular formula is C21H24N4O. The van der Waals surface area contributed by atoms with E-state index in [0.29, 0.717) is 5.82 Å². The number of anilines is 2. The van der Waals surface area contributed by atoms with Crippen LogP contribution in [-0.2, 0) is 11.2 Å². The van der Waals surface area contributed by atoms with E-state index in [1.54, 1.807) is 0 Å². The van der Waals surface area contributed by atoms with Crippen molar-refractivity contribution in [1.29, 1.82) is 0 Å². The highest BCUT2D eigenvalue weighted by atomic mass is 16.5. The zero-order chi connectivity index (χ0) is 17.9. The van der Waals surface area contributed by atoms with Crippen LogP contribution in [-0.4, -0.2) is 36.3 Å². The van der Waals surface area contributed by atoms with Gasteiger partial charge in [0.15, 0.2) is 0 Å². The van der Waals surface area contributed by atoms with Gasteiger partial charge in [-0.05, 0) is 37.1 Å². The summed E-state index contributed by atoms with van der Waals surface area (Å²) in [6.45, 7) is 5.54. The van der Waals surface area contributed by atoms with Crippen LogP contribution in [0.3, 0.4) is 0 Å². The third-order valence-corrected chi connectivity index (χ3v) is 4.87. The summed E-state index contributed by atoms with van der Waals surface area (Å²) in [4.78, 5) is 11.9. The van der Waals surface area contributed by atoms with Crippen molar-refractivity contribution in [1.82, 2.24) is 9.97 Å². The Hall–Kier alpha value is -2.66. The van der Waals surface area contributed by atoms with Crippen molar-refractivity contribution < 1.29 is 4.74 Å². The van der Waals surface area contributed by atoms with Crippen LogP contribution < -0.4 is 10.6 Å². The number of hydrogen-bond donors (Lipinski definition) is 1. The summed E-state index contributed by atoms with van der Waals surface area (Å²) in [5, 5.41) is 1.14. The molecule has 0 bridgehead atoms. The molecule has 2 aromatic heterocycles. The highest BCUT2D eigenvalue weighted by molar-refractivity contribution is 5.95. The molecule has 4 rings (SSSR count). The molecule has 0 saturated carbocycles. The Morgan fingerprint density at radius 1 is 1.00 bits per heavy atom. The minimum atomic E-state index is 0.559. The molecule has 0 aliphatic carbocycles. The van der Waals surface area contributed by atoms with Gasteiger partial charge < -0.3 is 15.4 Å². The van der Waals surface area contributed by atoms with E-state index in [1.165, 1.54) is 0 Å². The van der Waals surface area contributed by atoms with E-state index in [4.69, 9.17) is 15.5 Å². The number of rotatable bonds is 3. The van der Waals surface area contributed by atoms with Gasteiger partial charge in [-0.2, -0.15) is 0 Å². The van der Waals surface area contributed by atoms with Gasteiger partial charge in [-0.3, -0.25) is 0 Å². The fourth-order valence-corrected chi connectivity index (χ4v) is 3.54. The molecule has 3 heterocycles. The molecule has 2 N–H and O–H groups in total. The third kappa shape index (κ3) is 3.22. The van der Waals surface area contributed by atoms with Crippen molar-refractivity contribution in [2.75, 3.05) is 36.9 Å². The zero-order valence-electron chi connectivity index (χ0n) is 15.1. The van der Waals surface area contributed by atoms with E-state index >= 15 is 0 Å². The van der Waals surface area contributed by atoms with Crippen molar-refractivity contribution in [2.45, 2.75) is 19.8 Å². The Bertz CT molecular complexity index is 917. The Morgan fingerprint density at radius 2 is 1.92 bits per heavy atom. The van der Waals surface area contributed by atoms with Crippen molar-refractivity contribution in [3.8, 4) is 11.1 Å². The number of benzene rings is 1. The summed E-state index contributed by atoms with van der Waals surface area (Å²) >= 11 is 0. The van der Waals surface area contributed by atoms with Gasteiger partial charge in [0, 0.05) is 36.2 Å². The summed E-state index contributed by atoms with van der Waals surface area (Å²) in [5.74, 6) is 1.57. The van der Waals surface area contributed by atoms with Gasteiger partial charge >= 0.3 is 0 Å².